The van der Waals surface area contributed by atoms with Crippen LogP contribution in [0.2, 0.25) is 0 Å². The van der Waals surface area contributed by atoms with E-state index in [-0.39, 0.29) is 30.4 Å². The summed E-state index contributed by atoms with van der Waals surface area (Å²) in [7, 11) is 1.48. The zero-order chi connectivity index (χ0) is 26.8. The number of hydrogen-bond acceptors (Lipinski definition) is 4. The number of thiocarbonyl (C=S) groups is 1. The summed E-state index contributed by atoms with van der Waals surface area (Å²) in [6, 6.07) is 21.6. The molecule has 1 aliphatic heterocycles. The van der Waals surface area contributed by atoms with Gasteiger partial charge >= 0.3 is 0 Å². The van der Waals surface area contributed by atoms with Gasteiger partial charge in [0, 0.05) is 41.8 Å². The first-order chi connectivity index (χ1) is 18.4. The molecule has 7 nitrogen and oxygen atoms in total. The first-order valence-electron chi connectivity index (χ1n) is 12.2. The van der Waals surface area contributed by atoms with Crippen molar-refractivity contribution in [3.63, 3.8) is 0 Å². The molecular formula is C29H28FN5O2S. The predicted octanol–water partition coefficient (Wildman–Crippen LogP) is 5.39. The van der Waals surface area contributed by atoms with E-state index in [1.165, 1.54) is 19.2 Å². The Hall–Kier alpha value is -4.08. The standard InChI is InChI=1S/C29H28FN5O2S/c1-18-15-24(19(2)34(18)23-8-6-7-20(30)16-23)28-27(25-9-4-5-14-31-25)33-29(38)35(28)22-12-10-21(11-13-22)32-26(36)17-37-3/h4-16,27-28H,17H2,1-3H3,(H,32,36)(H,33,38)/t27-,28-/m1/s1. The van der Waals surface area contributed by atoms with Crippen LogP contribution in [0, 0.1) is 19.7 Å². The van der Waals surface area contributed by atoms with Gasteiger partial charge < -0.3 is 24.8 Å². The second kappa shape index (κ2) is 10.7. The molecule has 2 aromatic heterocycles. The van der Waals surface area contributed by atoms with Crippen LogP contribution < -0.4 is 15.5 Å². The van der Waals surface area contributed by atoms with Crippen LogP contribution in [0.5, 0.6) is 0 Å². The first kappa shape index (κ1) is 25.6. The summed E-state index contributed by atoms with van der Waals surface area (Å²) in [5.41, 5.74) is 6.17. The number of carbonyl (C=O) groups is 1. The van der Waals surface area contributed by atoms with E-state index in [4.69, 9.17) is 17.0 Å². The van der Waals surface area contributed by atoms with E-state index in [1.807, 2.05) is 62.4 Å². The molecule has 1 amide bonds. The number of methoxy groups -OCH3 is 1. The minimum atomic E-state index is -0.286. The van der Waals surface area contributed by atoms with E-state index in [0.29, 0.717) is 10.8 Å². The van der Waals surface area contributed by atoms with Gasteiger partial charge in [0.05, 0.1) is 17.8 Å². The Bertz CT molecular complexity index is 1470. The quantitative estimate of drug-likeness (QED) is 0.313. The fourth-order valence-electron chi connectivity index (χ4n) is 5.08. The Morgan fingerprint density at radius 2 is 1.87 bits per heavy atom. The smallest absolute Gasteiger partial charge is 0.250 e. The summed E-state index contributed by atoms with van der Waals surface area (Å²) < 4.78 is 21.1. The molecule has 0 spiro atoms. The number of rotatable bonds is 7. The Kier molecular flexibility index (Phi) is 7.22. The van der Waals surface area contributed by atoms with Crippen molar-refractivity contribution in [1.82, 2.24) is 14.9 Å². The number of anilines is 2. The molecular weight excluding hydrogens is 501 g/mol. The van der Waals surface area contributed by atoms with Gasteiger partial charge in [-0.2, -0.15) is 0 Å². The summed E-state index contributed by atoms with van der Waals surface area (Å²) in [6.45, 7) is 4.03. The van der Waals surface area contributed by atoms with E-state index >= 15 is 0 Å². The lowest BCUT2D eigenvalue weighted by molar-refractivity contribution is -0.119. The van der Waals surface area contributed by atoms with Gasteiger partial charge in [0.1, 0.15) is 12.4 Å². The zero-order valence-electron chi connectivity index (χ0n) is 21.3. The molecule has 2 N–H and O–H groups in total. The maximum absolute atomic E-state index is 14.1. The summed E-state index contributed by atoms with van der Waals surface area (Å²) in [5.74, 6) is -0.512. The topological polar surface area (TPSA) is 71.4 Å². The highest BCUT2D eigenvalue weighted by molar-refractivity contribution is 7.80. The van der Waals surface area contributed by atoms with Crippen molar-refractivity contribution in [1.29, 1.82) is 0 Å². The number of carbonyl (C=O) groups excluding carboxylic acids is 1. The van der Waals surface area contributed by atoms with Crippen LogP contribution in [0.4, 0.5) is 15.8 Å². The minimum Gasteiger partial charge on any atom is -0.375 e. The van der Waals surface area contributed by atoms with Crippen molar-refractivity contribution in [2.24, 2.45) is 0 Å². The number of halogens is 1. The molecule has 0 bridgehead atoms. The van der Waals surface area contributed by atoms with Gasteiger partial charge in [0.2, 0.25) is 5.91 Å². The fourth-order valence-corrected chi connectivity index (χ4v) is 5.43. The van der Waals surface area contributed by atoms with Crippen LogP contribution in [0.25, 0.3) is 5.69 Å². The van der Waals surface area contributed by atoms with Gasteiger partial charge in [-0.15, -0.1) is 0 Å². The third kappa shape index (κ3) is 4.90. The van der Waals surface area contributed by atoms with Crippen LogP contribution in [-0.4, -0.2) is 34.3 Å². The minimum absolute atomic E-state index is 0.0172. The number of amides is 1. The Labute approximate surface area is 226 Å². The van der Waals surface area contributed by atoms with Gasteiger partial charge in [0.25, 0.3) is 0 Å². The largest absolute Gasteiger partial charge is 0.375 e. The number of aromatic nitrogens is 2. The van der Waals surface area contributed by atoms with E-state index < -0.39 is 0 Å². The summed E-state index contributed by atoms with van der Waals surface area (Å²) in [6.07, 6.45) is 1.77. The molecule has 1 saturated heterocycles. The van der Waals surface area contributed by atoms with Crippen molar-refractivity contribution < 1.29 is 13.9 Å². The van der Waals surface area contributed by atoms with Crippen LogP contribution in [0.3, 0.4) is 0 Å². The molecule has 2 aromatic carbocycles. The van der Waals surface area contributed by atoms with Gasteiger partial charge in [0.15, 0.2) is 5.11 Å². The van der Waals surface area contributed by atoms with Gasteiger partial charge in [-0.05, 0) is 92.3 Å². The maximum Gasteiger partial charge on any atom is 0.250 e. The van der Waals surface area contributed by atoms with Crippen LogP contribution in [0.1, 0.15) is 34.7 Å². The zero-order valence-corrected chi connectivity index (χ0v) is 22.1. The third-order valence-corrected chi connectivity index (χ3v) is 6.97. The van der Waals surface area contributed by atoms with E-state index in [0.717, 1.165) is 34.0 Å². The molecule has 4 aromatic rings. The van der Waals surface area contributed by atoms with Gasteiger partial charge in [-0.25, -0.2) is 4.39 Å². The molecule has 3 heterocycles. The van der Waals surface area contributed by atoms with Crippen LogP contribution in [-0.2, 0) is 9.53 Å². The highest BCUT2D eigenvalue weighted by Crippen LogP contribution is 2.43. The van der Waals surface area contributed by atoms with Crippen molar-refractivity contribution in [2.45, 2.75) is 25.9 Å². The lowest BCUT2D eigenvalue weighted by Crippen LogP contribution is -2.29. The SMILES string of the molecule is COCC(=O)Nc1ccc(N2C(=S)N[C@H](c3ccccn3)[C@H]2c2cc(C)n(-c3cccc(F)c3)c2C)cc1. The second-order valence-electron chi connectivity index (χ2n) is 9.17. The monoisotopic (exact) mass is 529 g/mol. The number of hydrogen-bond donors (Lipinski definition) is 2. The summed E-state index contributed by atoms with van der Waals surface area (Å²) >= 11 is 5.85. The van der Waals surface area contributed by atoms with E-state index in [2.05, 4.69) is 31.2 Å². The van der Waals surface area contributed by atoms with Crippen molar-refractivity contribution in [2.75, 3.05) is 23.9 Å². The van der Waals surface area contributed by atoms with Crippen molar-refractivity contribution in [3.05, 3.63) is 107 Å². The highest BCUT2D eigenvalue weighted by atomic mass is 32.1. The number of ether oxygens (including phenoxy) is 1. The molecule has 0 aliphatic carbocycles. The molecule has 1 fully saturated rings. The number of nitrogens with zero attached hydrogens (tertiary/aromatic N) is 3. The second-order valence-corrected chi connectivity index (χ2v) is 9.55. The lowest BCUT2D eigenvalue weighted by atomic mass is 9.96. The predicted molar refractivity (Wildman–Crippen MR) is 150 cm³/mol. The molecule has 1 aliphatic rings. The average Bonchev–Trinajstić information content (AvgIpc) is 3.40. The summed E-state index contributed by atoms with van der Waals surface area (Å²) in [4.78, 5) is 18.6. The van der Waals surface area contributed by atoms with Crippen molar-refractivity contribution >= 4 is 34.6 Å². The van der Waals surface area contributed by atoms with Gasteiger partial charge in [-0.3, -0.25) is 9.78 Å². The highest BCUT2D eigenvalue weighted by Gasteiger charge is 2.42. The normalized spacial score (nSPS) is 16.9. The summed E-state index contributed by atoms with van der Waals surface area (Å²) in [5, 5.41) is 6.86. The molecule has 38 heavy (non-hydrogen) atoms. The lowest BCUT2D eigenvalue weighted by Gasteiger charge is -2.28. The Balaban J connectivity index is 1.58. The molecule has 0 saturated carbocycles. The fraction of sp³-hybridized carbons (Fsp3) is 0.207. The molecule has 5 rings (SSSR count). The average molecular weight is 530 g/mol. The van der Waals surface area contributed by atoms with E-state index in [1.54, 1.807) is 12.3 Å². The molecule has 194 valence electrons. The van der Waals surface area contributed by atoms with Gasteiger partial charge in [-0.1, -0.05) is 12.1 Å². The number of pyridine rings is 1. The Morgan fingerprint density at radius 3 is 2.55 bits per heavy atom. The van der Waals surface area contributed by atoms with E-state index in [9.17, 15) is 9.18 Å². The molecule has 0 radical (unpaired) electrons. The molecule has 0 unspecified atom stereocenters. The number of benzene rings is 2. The first-order valence-corrected chi connectivity index (χ1v) is 12.6. The maximum atomic E-state index is 14.1. The Morgan fingerprint density at radius 1 is 1.08 bits per heavy atom. The van der Waals surface area contributed by atoms with Crippen molar-refractivity contribution in [3.8, 4) is 5.69 Å². The molecule has 9 heteroatoms. The number of aryl methyl sites for hydroxylation is 1. The third-order valence-electron chi connectivity index (χ3n) is 6.66. The van der Waals surface area contributed by atoms with Crippen LogP contribution in [0.15, 0.2) is 79.0 Å². The van der Waals surface area contributed by atoms with Crippen LogP contribution >= 0.6 is 12.2 Å². The molecule has 2 atom stereocenters. The number of nitrogens with one attached hydrogen (secondary N) is 2.